The Morgan fingerprint density at radius 3 is 1.74 bits per heavy atom. The third-order valence-corrected chi connectivity index (χ3v) is 7.98. The Kier molecular flexibility index (Phi) is 6.50. The van der Waals surface area contributed by atoms with Crippen LogP contribution < -0.4 is 4.90 Å². The SMILES string of the molecule is O=S(=O)(c1ccccc1)c1nc(C(c2ccccc2)c2ccccc2)oc1N1CCCCCC1. The van der Waals surface area contributed by atoms with E-state index in [0.29, 0.717) is 11.8 Å². The van der Waals surface area contributed by atoms with Crippen LogP contribution in [0.15, 0.2) is 105 Å². The van der Waals surface area contributed by atoms with Gasteiger partial charge in [0.25, 0.3) is 0 Å². The molecule has 1 saturated heterocycles. The molecule has 0 aliphatic carbocycles. The second-order valence-corrected chi connectivity index (χ2v) is 10.5. The smallest absolute Gasteiger partial charge is 0.236 e. The summed E-state index contributed by atoms with van der Waals surface area (Å²) in [5.41, 5.74) is 2.00. The van der Waals surface area contributed by atoms with Crippen LogP contribution in [-0.4, -0.2) is 26.5 Å². The summed E-state index contributed by atoms with van der Waals surface area (Å²) < 4.78 is 33.9. The molecule has 5 nitrogen and oxygen atoms in total. The molecule has 0 amide bonds. The molecular formula is C28H28N2O3S. The Hall–Kier alpha value is -3.38. The molecule has 1 fully saturated rings. The highest BCUT2D eigenvalue weighted by molar-refractivity contribution is 7.91. The third kappa shape index (κ3) is 4.50. The zero-order valence-electron chi connectivity index (χ0n) is 19.0. The van der Waals surface area contributed by atoms with Gasteiger partial charge in [0.05, 0.1) is 10.8 Å². The molecule has 0 bridgehead atoms. The van der Waals surface area contributed by atoms with Gasteiger partial charge in [0.1, 0.15) is 0 Å². The minimum atomic E-state index is -3.85. The van der Waals surface area contributed by atoms with E-state index in [1.165, 1.54) is 0 Å². The predicted octanol–water partition coefficient (Wildman–Crippen LogP) is 6.07. The van der Waals surface area contributed by atoms with Gasteiger partial charge in [0.2, 0.25) is 26.6 Å². The first kappa shape index (κ1) is 22.4. The van der Waals surface area contributed by atoms with Crippen molar-refractivity contribution in [3.63, 3.8) is 0 Å². The maximum absolute atomic E-state index is 13.7. The van der Waals surface area contributed by atoms with E-state index in [9.17, 15) is 8.42 Å². The molecule has 0 N–H and O–H groups in total. The molecule has 2 heterocycles. The highest BCUT2D eigenvalue weighted by atomic mass is 32.2. The fraction of sp³-hybridized carbons (Fsp3) is 0.250. The summed E-state index contributed by atoms with van der Waals surface area (Å²) in [6.07, 6.45) is 4.27. The average molecular weight is 473 g/mol. The van der Waals surface area contributed by atoms with Crippen molar-refractivity contribution in [2.24, 2.45) is 0 Å². The first-order chi connectivity index (χ1) is 16.6. The van der Waals surface area contributed by atoms with E-state index in [1.54, 1.807) is 24.3 Å². The lowest BCUT2D eigenvalue weighted by Gasteiger charge is -2.20. The van der Waals surface area contributed by atoms with Gasteiger partial charge in [0, 0.05) is 13.1 Å². The van der Waals surface area contributed by atoms with E-state index in [1.807, 2.05) is 66.7 Å². The number of nitrogens with zero attached hydrogens (tertiary/aromatic N) is 2. The van der Waals surface area contributed by atoms with Crippen molar-refractivity contribution in [1.82, 2.24) is 4.98 Å². The monoisotopic (exact) mass is 472 g/mol. The summed E-state index contributed by atoms with van der Waals surface area (Å²) in [7, 11) is -3.85. The molecular weight excluding hydrogens is 444 g/mol. The average Bonchev–Trinajstić information content (AvgIpc) is 3.14. The third-order valence-electron chi connectivity index (χ3n) is 6.31. The van der Waals surface area contributed by atoms with Crippen molar-refractivity contribution in [2.75, 3.05) is 18.0 Å². The van der Waals surface area contributed by atoms with Crippen LogP contribution >= 0.6 is 0 Å². The summed E-state index contributed by atoms with van der Waals surface area (Å²) in [6.45, 7) is 1.51. The number of oxazole rings is 1. The number of benzene rings is 3. The van der Waals surface area contributed by atoms with Crippen molar-refractivity contribution in [2.45, 2.75) is 41.5 Å². The second-order valence-electron chi connectivity index (χ2n) is 8.63. The predicted molar refractivity (Wildman–Crippen MR) is 133 cm³/mol. The quantitative estimate of drug-likeness (QED) is 0.341. The van der Waals surface area contributed by atoms with Gasteiger partial charge in [-0.05, 0) is 36.1 Å². The van der Waals surface area contributed by atoms with E-state index >= 15 is 0 Å². The van der Waals surface area contributed by atoms with Gasteiger partial charge in [-0.2, -0.15) is 4.98 Å². The molecule has 3 aromatic carbocycles. The lowest BCUT2D eigenvalue weighted by Crippen LogP contribution is -2.25. The maximum Gasteiger partial charge on any atom is 0.236 e. The molecule has 0 spiro atoms. The summed E-state index contributed by atoms with van der Waals surface area (Å²) in [6, 6.07) is 28.5. The summed E-state index contributed by atoms with van der Waals surface area (Å²) in [5, 5.41) is 0.00691. The van der Waals surface area contributed by atoms with Gasteiger partial charge in [-0.15, -0.1) is 0 Å². The van der Waals surface area contributed by atoms with E-state index in [0.717, 1.165) is 49.9 Å². The molecule has 1 aromatic heterocycles. The first-order valence-corrected chi connectivity index (χ1v) is 13.3. The van der Waals surface area contributed by atoms with E-state index in [2.05, 4.69) is 4.90 Å². The summed E-state index contributed by atoms with van der Waals surface area (Å²) >= 11 is 0. The number of aromatic nitrogens is 1. The van der Waals surface area contributed by atoms with E-state index in [-0.39, 0.29) is 15.8 Å². The van der Waals surface area contributed by atoms with Crippen LogP contribution in [0.1, 0.15) is 48.6 Å². The van der Waals surface area contributed by atoms with Crippen LogP contribution in [0.25, 0.3) is 0 Å². The zero-order chi connectivity index (χ0) is 23.4. The molecule has 174 valence electrons. The molecule has 5 rings (SSSR count). The van der Waals surface area contributed by atoms with Gasteiger partial charge >= 0.3 is 0 Å². The minimum absolute atomic E-state index is 0.00691. The Morgan fingerprint density at radius 2 is 1.21 bits per heavy atom. The Morgan fingerprint density at radius 1 is 0.706 bits per heavy atom. The van der Waals surface area contributed by atoms with Crippen molar-refractivity contribution >= 4 is 15.7 Å². The van der Waals surface area contributed by atoms with Crippen LogP contribution in [0.2, 0.25) is 0 Å². The highest BCUT2D eigenvalue weighted by Crippen LogP contribution is 2.38. The molecule has 0 radical (unpaired) electrons. The van der Waals surface area contributed by atoms with Crippen LogP contribution in [0, 0.1) is 0 Å². The largest absolute Gasteiger partial charge is 0.423 e. The van der Waals surface area contributed by atoms with Gasteiger partial charge < -0.3 is 9.32 Å². The van der Waals surface area contributed by atoms with Crippen molar-refractivity contribution in [1.29, 1.82) is 0 Å². The summed E-state index contributed by atoms with van der Waals surface area (Å²) in [4.78, 5) is 7.01. The molecule has 0 atom stereocenters. The topological polar surface area (TPSA) is 63.4 Å². The molecule has 6 heteroatoms. The Bertz CT molecular complexity index is 1270. The summed E-state index contributed by atoms with van der Waals surface area (Å²) in [5.74, 6) is 0.441. The normalized spacial score (nSPS) is 14.8. The fourth-order valence-corrected chi connectivity index (χ4v) is 5.91. The molecule has 4 aromatic rings. The number of sulfone groups is 1. The first-order valence-electron chi connectivity index (χ1n) is 11.8. The molecule has 0 saturated carbocycles. The van der Waals surface area contributed by atoms with Crippen molar-refractivity contribution in [3.05, 3.63) is 108 Å². The second kappa shape index (κ2) is 9.85. The number of rotatable bonds is 6. The van der Waals surface area contributed by atoms with Crippen LogP contribution in [0.4, 0.5) is 5.88 Å². The number of anilines is 1. The zero-order valence-corrected chi connectivity index (χ0v) is 19.8. The van der Waals surface area contributed by atoms with Crippen LogP contribution in [0.5, 0.6) is 0 Å². The molecule has 1 aliphatic heterocycles. The molecule has 34 heavy (non-hydrogen) atoms. The Labute approximate surface area is 201 Å². The van der Waals surface area contributed by atoms with Crippen molar-refractivity contribution < 1.29 is 12.8 Å². The van der Waals surface area contributed by atoms with Crippen LogP contribution in [0.3, 0.4) is 0 Å². The lowest BCUT2D eigenvalue weighted by atomic mass is 9.91. The van der Waals surface area contributed by atoms with E-state index in [4.69, 9.17) is 9.40 Å². The van der Waals surface area contributed by atoms with Gasteiger partial charge in [-0.1, -0.05) is 91.7 Å². The minimum Gasteiger partial charge on any atom is -0.423 e. The molecule has 0 unspecified atom stereocenters. The molecule has 1 aliphatic rings. The van der Waals surface area contributed by atoms with Gasteiger partial charge in [-0.25, -0.2) is 8.42 Å². The number of hydrogen-bond donors (Lipinski definition) is 0. The number of hydrogen-bond acceptors (Lipinski definition) is 5. The van der Waals surface area contributed by atoms with E-state index < -0.39 is 9.84 Å². The maximum atomic E-state index is 13.7. The highest BCUT2D eigenvalue weighted by Gasteiger charge is 2.34. The Balaban J connectivity index is 1.69. The standard InChI is InChI=1S/C28H28N2O3S/c31-34(32,24-18-10-5-11-19-24)27-28(30-20-12-1-2-13-21-30)33-26(29-27)25(22-14-6-3-7-15-22)23-16-8-4-9-17-23/h3-11,14-19,25H,1-2,12-13,20-21H2. The fourth-order valence-electron chi connectivity index (χ4n) is 4.57. The lowest BCUT2D eigenvalue weighted by molar-refractivity contribution is 0.477. The van der Waals surface area contributed by atoms with Crippen molar-refractivity contribution in [3.8, 4) is 0 Å². The van der Waals surface area contributed by atoms with Gasteiger partial charge in [-0.3, -0.25) is 0 Å². The van der Waals surface area contributed by atoms with Crippen LogP contribution in [-0.2, 0) is 9.84 Å². The van der Waals surface area contributed by atoms with Gasteiger partial charge in [0.15, 0.2) is 0 Å².